The fourth-order valence-corrected chi connectivity index (χ4v) is 4.69. The zero-order valence-corrected chi connectivity index (χ0v) is 19.3. The van der Waals surface area contributed by atoms with E-state index in [1.165, 1.54) is 7.11 Å². The summed E-state index contributed by atoms with van der Waals surface area (Å²) in [7, 11) is 1.54. The molecule has 0 spiro atoms. The number of rotatable bonds is 8. The van der Waals surface area contributed by atoms with Crippen LogP contribution in [0.1, 0.15) is 39.2 Å². The SMILES string of the molecule is CCOC(=O)C1(C(=O)OCC)CC[C@@]2(C(=O)OCC)C(=O)NC(c3ccc(OC)cc3)=C[C@@H]12. The molecule has 1 fully saturated rings. The summed E-state index contributed by atoms with van der Waals surface area (Å²) in [4.78, 5) is 53.1. The number of methoxy groups -OCH3 is 1. The van der Waals surface area contributed by atoms with E-state index < -0.39 is 40.6 Å². The number of ether oxygens (including phenoxy) is 4. The van der Waals surface area contributed by atoms with Gasteiger partial charge in [-0.05, 0) is 63.4 Å². The van der Waals surface area contributed by atoms with Gasteiger partial charge in [0.05, 0.1) is 26.9 Å². The normalized spacial score (nSPS) is 23.0. The number of amides is 1. The first kappa shape index (κ1) is 24.3. The van der Waals surface area contributed by atoms with Crippen molar-refractivity contribution in [1.29, 1.82) is 0 Å². The van der Waals surface area contributed by atoms with Crippen molar-refractivity contribution in [1.82, 2.24) is 5.32 Å². The smallest absolute Gasteiger partial charge is 0.324 e. The molecule has 0 saturated heterocycles. The maximum absolute atomic E-state index is 13.5. The third kappa shape index (κ3) is 3.85. The Hall–Kier alpha value is -3.36. The number of carbonyl (C=O) groups excluding carboxylic acids is 4. The molecule has 2 atom stereocenters. The lowest BCUT2D eigenvalue weighted by atomic mass is 9.65. The highest BCUT2D eigenvalue weighted by molar-refractivity contribution is 6.12. The Balaban J connectivity index is 2.22. The zero-order valence-electron chi connectivity index (χ0n) is 19.3. The highest BCUT2D eigenvalue weighted by Gasteiger charge is 2.72. The summed E-state index contributed by atoms with van der Waals surface area (Å²) in [5.41, 5.74) is -2.62. The Morgan fingerprint density at radius 2 is 1.45 bits per heavy atom. The first-order valence-corrected chi connectivity index (χ1v) is 11.0. The van der Waals surface area contributed by atoms with Gasteiger partial charge in [-0.25, -0.2) is 0 Å². The Labute approximate surface area is 192 Å². The zero-order chi connectivity index (χ0) is 24.2. The van der Waals surface area contributed by atoms with E-state index in [1.54, 1.807) is 51.1 Å². The molecule has 0 bridgehead atoms. The Bertz CT molecular complexity index is 949. The third-order valence-corrected chi connectivity index (χ3v) is 6.28. The molecular weight excluding hydrogens is 430 g/mol. The van der Waals surface area contributed by atoms with E-state index in [2.05, 4.69) is 5.32 Å². The molecule has 0 radical (unpaired) electrons. The van der Waals surface area contributed by atoms with Gasteiger partial charge in [0.1, 0.15) is 5.75 Å². The second-order valence-corrected chi connectivity index (χ2v) is 7.84. The number of hydrogen-bond acceptors (Lipinski definition) is 8. The molecule has 1 aliphatic carbocycles. The molecule has 1 saturated carbocycles. The predicted octanol–water partition coefficient (Wildman–Crippen LogP) is 2.24. The maximum atomic E-state index is 13.5. The van der Waals surface area contributed by atoms with Gasteiger partial charge in [-0.1, -0.05) is 6.08 Å². The third-order valence-electron chi connectivity index (χ3n) is 6.28. The molecule has 9 nitrogen and oxygen atoms in total. The number of benzene rings is 1. The van der Waals surface area contributed by atoms with Gasteiger partial charge < -0.3 is 24.3 Å². The Morgan fingerprint density at radius 1 is 0.909 bits per heavy atom. The van der Waals surface area contributed by atoms with Crippen LogP contribution in [-0.2, 0) is 33.4 Å². The molecule has 9 heteroatoms. The van der Waals surface area contributed by atoms with Crippen molar-refractivity contribution in [3.05, 3.63) is 35.9 Å². The molecule has 0 aromatic heterocycles. The van der Waals surface area contributed by atoms with Crippen LogP contribution in [0.15, 0.2) is 30.3 Å². The molecule has 2 aliphatic rings. The van der Waals surface area contributed by atoms with Crippen molar-refractivity contribution in [3.63, 3.8) is 0 Å². The first-order valence-electron chi connectivity index (χ1n) is 11.0. The monoisotopic (exact) mass is 459 g/mol. The number of fused-ring (bicyclic) bond motifs is 1. The average Bonchev–Trinajstić information content (AvgIpc) is 3.17. The molecule has 1 amide bonds. The summed E-state index contributed by atoms with van der Waals surface area (Å²) >= 11 is 0. The van der Waals surface area contributed by atoms with E-state index in [4.69, 9.17) is 18.9 Å². The summed E-state index contributed by atoms with van der Waals surface area (Å²) in [5.74, 6) is -3.58. The van der Waals surface area contributed by atoms with E-state index >= 15 is 0 Å². The van der Waals surface area contributed by atoms with Gasteiger partial charge in [0.25, 0.3) is 0 Å². The lowest BCUT2D eigenvalue weighted by Gasteiger charge is -2.39. The van der Waals surface area contributed by atoms with Crippen molar-refractivity contribution >= 4 is 29.5 Å². The molecule has 178 valence electrons. The topological polar surface area (TPSA) is 117 Å². The molecule has 1 aromatic carbocycles. The van der Waals surface area contributed by atoms with Crippen LogP contribution in [0.25, 0.3) is 5.70 Å². The highest BCUT2D eigenvalue weighted by Crippen LogP contribution is 2.59. The van der Waals surface area contributed by atoms with Crippen molar-refractivity contribution in [3.8, 4) is 5.75 Å². The van der Waals surface area contributed by atoms with Gasteiger partial charge in [-0.3, -0.25) is 19.2 Å². The second kappa shape index (κ2) is 9.64. The quantitative estimate of drug-likeness (QED) is 0.357. The van der Waals surface area contributed by atoms with E-state index in [-0.39, 0.29) is 32.7 Å². The summed E-state index contributed by atoms with van der Waals surface area (Å²) in [5, 5.41) is 2.78. The highest BCUT2D eigenvalue weighted by atomic mass is 16.6. The minimum atomic E-state index is -1.85. The van der Waals surface area contributed by atoms with Crippen LogP contribution in [0.5, 0.6) is 5.75 Å². The molecule has 0 unspecified atom stereocenters. The standard InChI is InChI=1S/C24H29NO8/c1-5-31-20(27)23-12-13-24(21(28)32-6-2,22(29)33-7-3)18(23)14-17(25-19(23)26)15-8-10-16(30-4)11-9-15/h8-11,14,18H,5-7,12-13H2,1-4H3,(H,25,26)/t18-,23+/m1/s1. The lowest BCUT2D eigenvalue weighted by molar-refractivity contribution is -0.177. The minimum absolute atomic E-state index is 0.0281. The van der Waals surface area contributed by atoms with Crippen molar-refractivity contribution in [2.75, 3.05) is 26.9 Å². The van der Waals surface area contributed by atoms with Gasteiger partial charge in [-0.2, -0.15) is 0 Å². The number of esters is 3. The van der Waals surface area contributed by atoms with E-state index in [1.807, 2.05) is 0 Å². The molecule has 1 heterocycles. The summed E-state index contributed by atoms with van der Waals surface area (Å²) in [6, 6.07) is 6.89. The molecule has 33 heavy (non-hydrogen) atoms. The molecule has 1 aliphatic heterocycles. The fourth-order valence-electron chi connectivity index (χ4n) is 4.69. The first-order chi connectivity index (χ1) is 15.8. The minimum Gasteiger partial charge on any atom is -0.497 e. The largest absolute Gasteiger partial charge is 0.497 e. The van der Waals surface area contributed by atoms with E-state index in [0.29, 0.717) is 17.0 Å². The lowest BCUT2D eigenvalue weighted by Crippen LogP contribution is -2.57. The van der Waals surface area contributed by atoms with Gasteiger partial charge in [-0.15, -0.1) is 0 Å². The van der Waals surface area contributed by atoms with Crippen molar-refractivity contribution in [2.24, 2.45) is 16.7 Å². The Kier molecular flexibility index (Phi) is 7.09. The molecule has 1 N–H and O–H groups in total. The van der Waals surface area contributed by atoms with E-state index in [9.17, 15) is 19.2 Å². The van der Waals surface area contributed by atoms with E-state index in [0.717, 1.165) is 0 Å². The average molecular weight is 459 g/mol. The number of hydrogen-bond donors (Lipinski definition) is 1. The summed E-state index contributed by atoms with van der Waals surface area (Å²) in [6.45, 7) is 4.97. The summed E-state index contributed by atoms with van der Waals surface area (Å²) < 4.78 is 21.0. The van der Waals surface area contributed by atoms with Crippen molar-refractivity contribution in [2.45, 2.75) is 33.6 Å². The summed E-state index contributed by atoms with van der Waals surface area (Å²) in [6.07, 6.45) is 1.43. The van der Waals surface area contributed by atoms with Crippen LogP contribution in [0.3, 0.4) is 0 Å². The molecule has 1 aromatic rings. The maximum Gasteiger partial charge on any atom is 0.324 e. The van der Waals surface area contributed by atoms with Gasteiger partial charge >= 0.3 is 17.9 Å². The van der Waals surface area contributed by atoms with Crippen LogP contribution >= 0.6 is 0 Å². The van der Waals surface area contributed by atoms with Crippen LogP contribution in [0.4, 0.5) is 0 Å². The number of allylic oxidation sites excluding steroid dienone is 1. The number of carbonyl (C=O) groups is 4. The van der Waals surface area contributed by atoms with Crippen LogP contribution in [-0.4, -0.2) is 50.7 Å². The fraction of sp³-hybridized carbons (Fsp3) is 0.500. The second-order valence-electron chi connectivity index (χ2n) is 7.84. The van der Waals surface area contributed by atoms with Crippen LogP contribution in [0.2, 0.25) is 0 Å². The van der Waals surface area contributed by atoms with Crippen LogP contribution < -0.4 is 10.1 Å². The van der Waals surface area contributed by atoms with Gasteiger partial charge in [0.15, 0.2) is 10.8 Å². The van der Waals surface area contributed by atoms with Crippen LogP contribution in [0, 0.1) is 16.7 Å². The van der Waals surface area contributed by atoms with Crippen molar-refractivity contribution < 1.29 is 38.1 Å². The Morgan fingerprint density at radius 3 is 1.97 bits per heavy atom. The van der Waals surface area contributed by atoms with Gasteiger partial charge in [0, 0.05) is 11.6 Å². The number of nitrogens with one attached hydrogen (secondary N) is 1. The predicted molar refractivity (Wildman–Crippen MR) is 117 cm³/mol. The molecule has 3 rings (SSSR count). The van der Waals surface area contributed by atoms with Gasteiger partial charge in [0.2, 0.25) is 5.91 Å². The molecular formula is C24H29NO8.